The van der Waals surface area contributed by atoms with Crippen molar-refractivity contribution in [3.8, 4) is 0 Å². The van der Waals surface area contributed by atoms with E-state index in [1.54, 1.807) is 55.2 Å². The summed E-state index contributed by atoms with van der Waals surface area (Å²) in [5.74, 6) is 0.0448. The fourth-order valence-corrected chi connectivity index (χ4v) is 2.84. The van der Waals surface area contributed by atoms with Crippen LogP contribution in [0.25, 0.3) is 0 Å². The molecule has 0 saturated carbocycles. The lowest BCUT2D eigenvalue weighted by atomic mass is 10.3. The van der Waals surface area contributed by atoms with E-state index >= 15 is 0 Å². The largest absolute Gasteiger partial charge is 0.469 e. The van der Waals surface area contributed by atoms with Crippen LogP contribution in [0.5, 0.6) is 0 Å². The minimum absolute atomic E-state index is 0.0826. The van der Waals surface area contributed by atoms with Crippen LogP contribution < -0.4 is 10.0 Å². The standard InChI is InChI=1S/C24H26N8O4/c1-35-23(33)9-13-31(29-16-19-7-3-5-11-25-19)21-15-22(28-18-27-21)32(14-10-24(34)36-2)30-17-20-8-4-6-12-26-20/h3-8,11-12,15-18H,9-10,13-14H2,1-2H3/b29-16+,30-17+. The first kappa shape index (κ1) is 25.9. The minimum Gasteiger partial charge on any atom is -0.469 e. The number of esters is 2. The molecule has 186 valence electrons. The number of pyridine rings is 2. The van der Waals surface area contributed by atoms with E-state index in [1.807, 2.05) is 12.1 Å². The zero-order valence-corrected chi connectivity index (χ0v) is 20.0. The summed E-state index contributed by atoms with van der Waals surface area (Å²) in [5, 5.41) is 12.0. The van der Waals surface area contributed by atoms with Gasteiger partial charge in [-0.05, 0) is 24.3 Å². The molecule has 12 heteroatoms. The van der Waals surface area contributed by atoms with Gasteiger partial charge in [0.15, 0.2) is 11.6 Å². The Morgan fingerprint density at radius 3 is 1.64 bits per heavy atom. The maximum atomic E-state index is 11.8. The summed E-state index contributed by atoms with van der Waals surface area (Å²) in [7, 11) is 2.65. The zero-order valence-electron chi connectivity index (χ0n) is 20.0. The van der Waals surface area contributed by atoms with Crippen molar-refractivity contribution in [2.45, 2.75) is 12.8 Å². The normalized spacial score (nSPS) is 10.9. The Kier molecular flexibility index (Phi) is 9.95. The van der Waals surface area contributed by atoms with Crippen molar-refractivity contribution in [1.29, 1.82) is 0 Å². The van der Waals surface area contributed by atoms with Crippen LogP contribution in [0, 0.1) is 0 Å². The predicted molar refractivity (Wildman–Crippen MR) is 134 cm³/mol. The molecule has 12 nitrogen and oxygen atoms in total. The molecule has 0 N–H and O–H groups in total. The maximum Gasteiger partial charge on any atom is 0.307 e. The van der Waals surface area contributed by atoms with Crippen LogP contribution in [-0.2, 0) is 19.1 Å². The van der Waals surface area contributed by atoms with E-state index in [0.29, 0.717) is 23.0 Å². The van der Waals surface area contributed by atoms with Gasteiger partial charge in [-0.1, -0.05) is 12.1 Å². The van der Waals surface area contributed by atoms with Crippen LogP contribution in [-0.4, -0.2) is 71.6 Å². The minimum atomic E-state index is -0.387. The van der Waals surface area contributed by atoms with Crippen molar-refractivity contribution in [1.82, 2.24) is 19.9 Å². The molecule has 36 heavy (non-hydrogen) atoms. The van der Waals surface area contributed by atoms with Gasteiger partial charge in [0, 0.05) is 18.5 Å². The van der Waals surface area contributed by atoms with Gasteiger partial charge in [-0.3, -0.25) is 19.6 Å². The molecule has 3 aromatic heterocycles. The smallest absolute Gasteiger partial charge is 0.307 e. The molecule has 0 aliphatic carbocycles. The van der Waals surface area contributed by atoms with E-state index in [4.69, 9.17) is 9.47 Å². The summed E-state index contributed by atoms with van der Waals surface area (Å²) in [6.45, 7) is 0.400. The van der Waals surface area contributed by atoms with Crippen molar-refractivity contribution >= 4 is 36.0 Å². The third kappa shape index (κ3) is 8.24. The van der Waals surface area contributed by atoms with E-state index in [9.17, 15) is 9.59 Å². The lowest BCUT2D eigenvalue weighted by Crippen LogP contribution is -2.25. The van der Waals surface area contributed by atoms with E-state index in [1.165, 1.54) is 30.6 Å². The van der Waals surface area contributed by atoms with Crippen LogP contribution >= 0.6 is 0 Å². The fraction of sp³-hybridized carbons (Fsp3) is 0.250. The van der Waals surface area contributed by atoms with Crippen LogP contribution in [0.2, 0.25) is 0 Å². The first-order chi connectivity index (χ1) is 17.6. The number of nitrogens with zero attached hydrogens (tertiary/aromatic N) is 8. The lowest BCUT2D eigenvalue weighted by molar-refractivity contribution is -0.141. The first-order valence-electron chi connectivity index (χ1n) is 11.0. The van der Waals surface area contributed by atoms with E-state index in [0.717, 1.165) is 0 Å². The average molecular weight is 491 g/mol. The number of methoxy groups -OCH3 is 2. The molecule has 0 aliphatic rings. The molecular formula is C24H26N8O4. The van der Waals surface area contributed by atoms with Gasteiger partial charge in [-0.2, -0.15) is 10.2 Å². The Balaban J connectivity index is 1.89. The van der Waals surface area contributed by atoms with Crippen molar-refractivity contribution in [3.05, 3.63) is 72.6 Å². The summed E-state index contributed by atoms with van der Waals surface area (Å²) in [6.07, 6.45) is 7.95. The highest BCUT2D eigenvalue weighted by molar-refractivity contribution is 5.79. The fourth-order valence-electron chi connectivity index (χ4n) is 2.84. The molecule has 0 unspecified atom stereocenters. The molecule has 0 amide bonds. The van der Waals surface area contributed by atoms with Crippen LogP contribution in [0.15, 0.2) is 71.4 Å². The topological polar surface area (TPSA) is 135 Å². The SMILES string of the molecule is COC(=O)CCN(/N=C/c1ccccn1)c1cc(N(CCC(=O)OC)/N=C/c2ccccn2)ncn1. The third-order valence-electron chi connectivity index (χ3n) is 4.71. The molecule has 0 atom stereocenters. The molecule has 3 aromatic rings. The second kappa shape index (κ2) is 13.8. The maximum absolute atomic E-state index is 11.8. The number of carbonyl (C=O) groups excluding carboxylic acids is 2. The van der Waals surface area contributed by atoms with Gasteiger partial charge in [0.05, 0.1) is 64.0 Å². The average Bonchev–Trinajstić information content (AvgIpc) is 2.93. The van der Waals surface area contributed by atoms with Gasteiger partial charge >= 0.3 is 11.9 Å². The first-order valence-corrected chi connectivity index (χ1v) is 11.0. The van der Waals surface area contributed by atoms with Gasteiger partial charge in [0.2, 0.25) is 0 Å². The van der Waals surface area contributed by atoms with Crippen molar-refractivity contribution in [2.75, 3.05) is 37.3 Å². The number of rotatable bonds is 12. The zero-order chi connectivity index (χ0) is 25.6. The molecule has 0 saturated heterocycles. The molecule has 3 rings (SSSR count). The van der Waals surface area contributed by atoms with E-state index in [-0.39, 0.29) is 37.9 Å². The van der Waals surface area contributed by atoms with Gasteiger partial charge < -0.3 is 9.47 Å². The molecule has 0 bridgehead atoms. The highest BCUT2D eigenvalue weighted by Crippen LogP contribution is 2.19. The van der Waals surface area contributed by atoms with E-state index in [2.05, 4.69) is 30.1 Å². The highest BCUT2D eigenvalue weighted by atomic mass is 16.5. The van der Waals surface area contributed by atoms with Crippen LogP contribution in [0.1, 0.15) is 24.2 Å². The Morgan fingerprint density at radius 2 is 1.25 bits per heavy atom. The third-order valence-corrected chi connectivity index (χ3v) is 4.71. The molecule has 0 aromatic carbocycles. The monoisotopic (exact) mass is 490 g/mol. The second-order valence-corrected chi connectivity index (χ2v) is 7.13. The van der Waals surface area contributed by atoms with Crippen LogP contribution in [0.4, 0.5) is 11.6 Å². The molecule has 0 aliphatic heterocycles. The number of hydrazone groups is 2. The van der Waals surface area contributed by atoms with Crippen LogP contribution in [0.3, 0.4) is 0 Å². The Morgan fingerprint density at radius 1 is 0.778 bits per heavy atom. The summed E-state index contributed by atoms with van der Waals surface area (Å²) in [5.41, 5.74) is 1.27. The quantitative estimate of drug-likeness (QED) is 0.211. The second-order valence-electron chi connectivity index (χ2n) is 7.13. The van der Waals surface area contributed by atoms with Gasteiger partial charge in [-0.25, -0.2) is 20.0 Å². The summed E-state index contributed by atoms with van der Waals surface area (Å²) < 4.78 is 9.52. The Bertz CT molecular complexity index is 1090. The number of ether oxygens (including phenoxy) is 2. The van der Waals surface area contributed by atoms with Gasteiger partial charge in [0.25, 0.3) is 0 Å². The van der Waals surface area contributed by atoms with Crippen molar-refractivity contribution in [2.24, 2.45) is 10.2 Å². The van der Waals surface area contributed by atoms with Crippen molar-refractivity contribution < 1.29 is 19.1 Å². The highest BCUT2D eigenvalue weighted by Gasteiger charge is 2.15. The molecule has 3 heterocycles. The van der Waals surface area contributed by atoms with Crippen molar-refractivity contribution in [3.63, 3.8) is 0 Å². The van der Waals surface area contributed by atoms with Gasteiger partial charge in [0.1, 0.15) is 6.33 Å². The predicted octanol–water partition coefficient (Wildman–Crippen LogP) is 2.07. The number of hydrogen-bond donors (Lipinski definition) is 0. The molecular weight excluding hydrogens is 464 g/mol. The Labute approximate surface area is 208 Å². The molecule has 0 fully saturated rings. The number of aromatic nitrogens is 4. The Hall–Kier alpha value is -4.74. The molecule has 0 radical (unpaired) electrons. The summed E-state index contributed by atoms with van der Waals surface area (Å²) in [6, 6.07) is 12.5. The number of hydrogen-bond acceptors (Lipinski definition) is 12. The van der Waals surface area contributed by atoms with Gasteiger partial charge in [-0.15, -0.1) is 0 Å². The number of carbonyl (C=O) groups is 2. The lowest BCUT2D eigenvalue weighted by Gasteiger charge is -2.21. The van der Waals surface area contributed by atoms with E-state index < -0.39 is 0 Å². The number of anilines is 2. The molecule has 0 spiro atoms. The summed E-state index contributed by atoms with van der Waals surface area (Å²) in [4.78, 5) is 40.6. The summed E-state index contributed by atoms with van der Waals surface area (Å²) >= 11 is 0.